The zero-order valence-corrected chi connectivity index (χ0v) is 17.1. The monoisotopic (exact) mass is 422 g/mol. The zero-order valence-electron chi connectivity index (χ0n) is 17.1. The molecule has 0 spiro atoms. The van der Waals surface area contributed by atoms with Gasteiger partial charge in [0.2, 0.25) is 5.91 Å². The van der Waals surface area contributed by atoms with Crippen LogP contribution in [0.5, 0.6) is 0 Å². The molecular formula is C22H22N4O5. The number of rotatable bonds is 3. The van der Waals surface area contributed by atoms with E-state index in [1.807, 2.05) is 18.2 Å². The van der Waals surface area contributed by atoms with Crippen molar-refractivity contribution in [2.24, 2.45) is 5.92 Å². The van der Waals surface area contributed by atoms with Crippen LogP contribution in [0.15, 0.2) is 41.2 Å². The number of hydrogen-bond acceptors (Lipinski definition) is 5. The third-order valence-electron chi connectivity index (χ3n) is 6.77. The zero-order chi connectivity index (χ0) is 21.9. The molecule has 160 valence electrons. The Balaban J connectivity index is 1.37. The number of fused-ring (bicyclic) bond motifs is 5. The predicted molar refractivity (Wildman–Crippen MR) is 111 cm³/mol. The van der Waals surface area contributed by atoms with Gasteiger partial charge >= 0.3 is 11.2 Å². The predicted octanol–water partition coefficient (Wildman–Crippen LogP) is 1.75. The number of carbonyl (C=O) groups excluding carboxylic acids is 2. The molecule has 0 unspecified atom stereocenters. The second-order valence-electron chi connectivity index (χ2n) is 8.62. The summed E-state index contributed by atoms with van der Waals surface area (Å²) in [4.78, 5) is 52.5. The average molecular weight is 422 g/mol. The molecule has 0 N–H and O–H groups in total. The van der Waals surface area contributed by atoms with Crippen molar-refractivity contribution >= 4 is 17.5 Å². The molecule has 0 saturated carbocycles. The lowest BCUT2D eigenvalue weighted by molar-refractivity contribution is -0.386. The summed E-state index contributed by atoms with van der Waals surface area (Å²) in [7, 11) is 0. The van der Waals surface area contributed by atoms with Gasteiger partial charge in [-0.2, -0.15) is 0 Å². The van der Waals surface area contributed by atoms with E-state index >= 15 is 0 Å². The Labute approximate surface area is 178 Å². The molecule has 1 aromatic heterocycles. The van der Waals surface area contributed by atoms with Gasteiger partial charge in [0.1, 0.15) is 6.04 Å². The number of amides is 2. The van der Waals surface area contributed by atoms with E-state index in [4.69, 9.17) is 0 Å². The summed E-state index contributed by atoms with van der Waals surface area (Å²) < 4.78 is 1.50. The highest BCUT2D eigenvalue weighted by molar-refractivity contribution is 6.01. The van der Waals surface area contributed by atoms with Crippen molar-refractivity contribution in [2.75, 3.05) is 13.1 Å². The van der Waals surface area contributed by atoms with Gasteiger partial charge in [-0.05, 0) is 37.0 Å². The number of carbonyl (C=O) groups is 2. The minimum absolute atomic E-state index is 0.0496. The molecular weight excluding hydrogens is 400 g/mol. The molecule has 9 nitrogen and oxygen atoms in total. The van der Waals surface area contributed by atoms with Crippen LogP contribution in [0.4, 0.5) is 5.69 Å². The first-order chi connectivity index (χ1) is 14.8. The normalized spacial score (nSPS) is 22.7. The molecule has 3 aliphatic rings. The number of nitrogens with zero attached hydrogens (tertiary/aromatic N) is 4. The van der Waals surface area contributed by atoms with Crippen LogP contribution >= 0.6 is 0 Å². The molecule has 0 radical (unpaired) electrons. The second kappa shape index (κ2) is 7.04. The molecule has 0 aliphatic carbocycles. The van der Waals surface area contributed by atoms with Crippen molar-refractivity contribution in [3.63, 3.8) is 0 Å². The van der Waals surface area contributed by atoms with Gasteiger partial charge in [0, 0.05) is 49.4 Å². The van der Waals surface area contributed by atoms with Crippen LogP contribution in [-0.2, 0) is 17.9 Å². The standard InChI is InChI=1S/C22H22N4O5/c1-13(24-12-15-4-2-3-5-17(15)21(24)28)20(27)23-9-14-8-16(11-23)18-6-7-19(26(30)31)22(29)25(18)10-14/h2-7,13-14,16H,8-12H2,1H3/t13-,14+,16-/m0/s1. The molecule has 1 saturated heterocycles. The topological polar surface area (TPSA) is 106 Å². The van der Waals surface area contributed by atoms with E-state index in [9.17, 15) is 24.5 Å². The van der Waals surface area contributed by atoms with Crippen LogP contribution in [0.1, 0.15) is 40.9 Å². The smallest absolute Gasteiger partial charge is 0.334 e. The number of piperidine rings is 1. The number of pyridine rings is 1. The van der Waals surface area contributed by atoms with E-state index in [0.717, 1.165) is 17.7 Å². The maximum absolute atomic E-state index is 13.3. The van der Waals surface area contributed by atoms with Gasteiger partial charge in [0.05, 0.1) is 4.92 Å². The Bertz CT molecular complexity index is 1170. The van der Waals surface area contributed by atoms with Crippen molar-refractivity contribution in [3.8, 4) is 0 Å². The van der Waals surface area contributed by atoms with Crippen molar-refractivity contribution in [1.29, 1.82) is 0 Å². The minimum atomic E-state index is -0.650. The molecule has 1 aromatic carbocycles. The summed E-state index contributed by atoms with van der Waals surface area (Å²) in [6.45, 7) is 3.45. The molecule has 5 rings (SSSR count). The summed E-state index contributed by atoms with van der Waals surface area (Å²) in [5.74, 6) is -0.233. The van der Waals surface area contributed by atoms with Gasteiger partial charge in [0.15, 0.2) is 0 Å². The van der Waals surface area contributed by atoms with Crippen LogP contribution < -0.4 is 5.56 Å². The lowest BCUT2D eigenvalue weighted by Gasteiger charge is -2.44. The Morgan fingerprint density at radius 3 is 2.65 bits per heavy atom. The maximum atomic E-state index is 13.3. The lowest BCUT2D eigenvalue weighted by Crippen LogP contribution is -2.54. The fourth-order valence-electron chi connectivity index (χ4n) is 5.24. The number of nitro groups is 1. The molecule has 31 heavy (non-hydrogen) atoms. The average Bonchev–Trinajstić information content (AvgIpc) is 3.10. The first-order valence-corrected chi connectivity index (χ1v) is 10.4. The van der Waals surface area contributed by atoms with Crippen LogP contribution in [-0.4, -0.2) is 50.2 Å². The third kappa shape index (κ3) is 3.03. The van der Waals surface area contributed by atoms with Crippen molar-refractivity contribution in [1.82, 2.24) is 14.4 Å². The fourth-order valence-corrected chi connectivity index (χ4v) is 5.24. The van der Waals surface area contributed by atoms with E-state index in [0.29, 0.717) is 31.7 Å². The Morgan fingerprint density at radius 2 is 1.90 bits per heavy atom. The Kier molecular flexibility index (Phi) is 4.42. The molecule has 2 aromatic rings. The lowest BCUT2D eigenvalue weighted by atomic mass is 9.83. The van der Waals surface area contributed by atoms with Gasteiger partial charge in [-0.1, -0.05) is 18.2 Å². The van der Waals surface area contributed by atoms with Crippen LogP contribution in [0.3, 0.4) is 0 Å². The molecule has 3 atom stereocenters. The van der Waals surface area contributed by atoms with Gasteiger partial charge in [-0.25, -0.2) is 0 Å². The molecule has 4 heterocycles. The van der Waals surface area contributed by atoms with Crippen LogP contribution in [0.25, 0.3) is 0 Å². The summed E-state index contributed by atoms with van der Waals surface area (Å²) in [5, 5.41) is 11.1. The van der Waals surface area contributed by atoms with Gasteiger partial charge in [0.25, 0.3) is 5.91 Å². The fraction of sp³-hybridized carbons (Fsp3) is 0.409. The summed E-state index contributed by atoms with van der Waals surface area (Å²) >= 11 is 0. The largest absolute Gasteiger partial charge is 0.340 e. The maximum Gasteiger partial charge on any atom is 0.334 e. The number of aromatic nitrogens is 1. The van der Waals surface area contributed by atoms with Gasteiger partial charge in [-0.15, -0.1) is 0 Å². The highest BCUT2D eigenvalue weighted by Crippen LogP contribution is 2.36. The van der Waals surface area contributed by atoms with Gasteiger partial charge < -0.3 is 14.4 Å². The van der Waals surface area contributed by atoms with E-state index in [-0.39, 0.29) is 23.7 Å². The highest BCUT2D eigenvalue weighted by Gasteiger charge is 2.41. The molecule has 2 amide bonds. The van der Waals surface area contributed by atoms with Crippen LogP contribution in [0, 0.1) is 16.0 Å². The summed E-state index contributed by atoms with van der Waals surface area (Å²) in [6, 6.07) is 9.71. The van der Waals surface area contributed by atoms with Gasteiger partial charge in [-0.3, -0.25) is 24.5 Å². The summed E-state index contributed by atoms with van der Waals surface area (Å²) in [5.41, 5.74) is 1.31. The van der Waals surface area contributed by atoms with Crippen molar-refractivity contribution in [3.05, 3.63) is 73.7 Å². The summed E-state index contributed by atoms with van der Waals surface area (Å²) in [6.07, 6.45) is 0.837. The molecule has 2 bridgehead atoms. The third-order valence-corrected chi connectivity index (χ3v) is 6.77. The molecule has 9 heteroatoms. The first-order valence-electron chi connectivity index (χ1n) is 10.4. The number of benzene rings is 1. The minimum Gasteiger partial charge on any atom is -0.340 e. The molecule has 1 fully saturated rings. The van der Waals surface area contributed by atoms with E-state index in [2.05, 4.69) is 0 Å². The van der Waals surface area contributed by atoms with E-state index in [1.54, 1.807) is 28.9 Å². The highest BCUT2D eigenvalue weighted by atomic mass is 16.6. The van der Waals surface area contributed by atoms with Crippen molar-refractivity contribution in [2.45, 2.75) is 38.4 Å². The second-order valence-corrected chi connectivity index (χ2v) is 8.62. The first kappa shape index (κ1) is 19.5. The molecule has 3 aliphatic heterocycles. The van der Waals surface area contributed by atoms with E-state index in [1.165, 1.54) is 10.6 Å². The van der Waals surface area contributed by atoms with E-state index < -0.39 is 22.2 Å². The Hall–Kier alpha value is -3.49. The SMILES string of the molecule is C[C@@H](C(=O)N1C[C@H]2C[C@@H](C1)c1ccc([N+](=O)[O-])c(=O)n1C2)N1Cc2ccccc2C1=O. The number of likely N-dealkylation sites (tertiary alicyclic amines) is 1. The van der Waals surface area contributed by atoms with Crippen molar-refractivity contribution < 1.29 is 14.5 Å². The quantitative estimate of drug-likeness (QED) is 0.553. The van der Waals surface area contributed by atoms with Crippen LogP contribution in [0.2, 0.25) is 0 Å². The number of hydrogen-bond donors (Lipinski definition) is 0. The Morgan fingerprint density at radius 1 is 1.13 bits per heavy atom.